The molecular weight excluding hydrogens is 290 g/mol. The van der Waals surface area contributed by atoms with Gasteiger partial charge in [0.05, 0.1) is 0 Å². The molecule has 1 fully saturated rings. The maximum Gasteiger partial charge on any atom is 0.272 e. The minimum Gasteiger partial charge on any atom is -0.366 e. The molecule has 6 heteroatoms. The summed E-state index contributed by atoms with van der Waals surface area (Å²) in [5, 5.41) is 14.3. The molecule has 1 saturated carbocycles. The highest BCUT2D eigenvalue weighted by Gasteiger charge is 2.14. The average molecular weight is 311 g/mol. The van der Waals surface area contributed by atoms with Crippen LogP contribution in [0.2, 0.25) is 0 Å². The number of carbonyl (C=O) groups is 1. The van der Waals surface area contributed by atoms with Crippen LogP contribution in [0, 0.1) is 0 Å². The molecule has 2 aromatic heterocycles. The van der Waals surface area contributed by atoms with Gasteiger partial charge in [-0.2, -0.15) is 0 Å². The van der Waals surface area contributed by atoms with Gasteiger partial charge in [0.15, 0.2) is 5.69 Å². The molecule has 0 aromatic carbocycles. The second kappa shape index (κ2) is 7.67. The molecule has 0 bridgehead atoms. The first-order valence-corrected chi connectivity index (χ1v) is 8.08. The maximum absolute atomic E-state index is 12.1. The summed E-state index contributed by atoms with van der Waals surface area (Å²) in [5.41, 5.74) is 1.27. The van der Waals surface area contributed by atoms with E-state index < -0.39 is 0 Å². The van der Waals surface area contributed by atoms with Crippen molar-refractivity contribution in [2.45, 2.75) is 44.7 Å². The van der Waals surface area contributed by atoms with Gasteiger partial charge in [0.25, 0.3) is 5.91 Å². The Hall–Kier alpha value is -2.50. The number of hydrogen-bond acceptors (Lipinski definition) is 5. The smallest absolute Gasteiger partial charge is 0.272 e. The van der Waals surface area contributed by atoms with Crippen LogP contribution in [0.25, 0.3) is 0 Å². The zero-order valence-electron chi connectivity index (χ0n) is 13.0. The molecule has 2 N–H and O–H groups in total. The van der Waals surface area contributed by atoms with Crippen molar-refractivity contribution in [1.82, 2.24) is 20.5 Å². The highest BCUT2D eigenvalue weighted by Crippen LogP contribution is 2.20. The molecule has 0 atom stereocenters. The number of carbonyl (C=O) groups excluding carboxylic acids is 1. The fraction of sp³-hybridized carbons (Fsp3) is 0.412. The third-order valence-corrected chi connectivity index (χ3v) is 4.03. The molecular formula is C17H21N5O. The molecule has 0 spiro atoms. The second-order valence-electron chi connectivity index (χ2n) is 5.83. The van der Waals surface area contributed by atoms with E-state index in [1.165, 1.54) is 32.1 Å². The van der Waals surface area contributed by atoms with Crippen LogP contribution in [0.4, 0.5) is 5.82 Å². The standard InChI is InChI=1S/C17H21N5O/c23-17(19-12-13-5-4-10-18-11-13)15-8-9-16(22-21-15)20-14-6-2-1-3-7-14/h4-5,8-11,14H,1-3,6-7,12H2,(H,19,23)(H,20,22). The first kappa shape index (κ1) is 15.4. The Balaban J connectivity index is 1.52. The molecule has 23 heavy (non-hydrogen) atoms. The number of amides is 1. The molecule has 0 radical (unpaired) electrons. The van der Waals surface area contributed by atoms with Crippen LogP contribution in [-0.4, -0.2) is 27.1 Å². The first-order chi connectivity index (χ1) is 11.3. The molecule has 1 aliphatic rings. The summed E-state index contributed by atoms with van der Waals surface area (Å²) in [4.78, 5) is 16.1. The lowest BCUT2D eigenvalue weighted by molar-refractivity contribution is 0.0945. The van der Waals surface area contributed by atoms with Gasteiger partial charge < -0.3 is 10.6 Å². The fourth-order valence-electron chi connectivity index (χ4n) is 2.76. The zero-order chi connectivity index (χ0) is 15.9. The number of pyridine rings is 1. The van der Waals surface area contributed by atoms with Gasteiger partial charge in [-0.1, -0.05) is 25.3 Å². The Bertz CT molecular complexity index is 623. The van der Waals surface area contributed by atoms with E-state index >= 15 is 0 Å². The molecule has 0 unspecified atom stereocenters. The Labute approximate surface area is 135 Å². The van der Waals surface area contributed by atoms with Crippen LogP contribution in [-0.2, 0) is 6.54 Å². The normalized spacial score (nSPS) is 15.1. The van der Waals surface area contributed by atoms with Gasteiger partial charge in [-0.15, -0.1) is 10.2 Å². The Morgan fingerprint density at radius 1 is 1.13 bits per heavy atom. The van der Waals surface area contributed by atoms with Gasteiger partial charge in [-0.05, 0) is 36.6 Å². The van der Waals surface area contributed by atoms with E-state index in [1.807, 2.05) is 18.2 Å². The number of aromatic nitrogens is 3. The first-order valence-electron chi connectivity index (χ1n) is 8.08. The summed E-state index contributed by atoms with van der Waals surface area (Å²) in [5.74, 6) is 0.506. The second-order valence-corrected chi connectivity index (χ2v) is 5.83. The predicted molar refractivity (Wildman–Crippen MR) is 87.9 cm³/mol. The molecule has 3 rings (SSSR count). The van der Waals surface area contributed by atoms with Crippen molar-refractivity contribution in [3.8, 4) is 0 Å². The molecule has 0 saturated heterocycles. The van der Waals surface area contributed by atoms with Crippen LogP contribution in [0.15, 0.2) is 36.7 Å². The average Bonchev–Trinajstić information content (AvgIpc) is 2.62. The van der Waals surface area contributed by atoms with Gasteiger partial charge in [-0.25, -0.2) is 0 Å². The monoisotopic (exact) mass is 311 g/mol. The Morgan fingerprint density at radius 2 is 2.00 bits per heavy atom. The number of anilines is 1. The van der Waals surface area contributed by atoms with Crippen LogP contribution >= 0.6 is 0 Å². The summed E-state index contributed by atoms with van der Waals surface area (Å²) in [6.45, 7) is 0.427. The van der Waals surface area contributed by atoms with E-state index in [2.05, 4.69) is 25.8 Å². The minimum absolute atomic E-state index is 0.231. The third kappa shape index (κ3) is 4.48. The molecule has 2 aromatic rings. The number of hydrogen-bond donors (Lipinski definition) is 2. The van der Waals surface area contributed by atoms with Crippen molar-refractivity contribution in [1.29, 1.82) is 0 Å². The van der Waals surface area contributed by atoms with E-state index in [4.69, 9.17) is 0 Å². The Morgan fingerprint density at radius 3 is 2.70 bits per heavy atom. The van der Waals surface area contributed by atoms with Gasteiger partial charge in [0.1, 0.15) is 5.82 Å². The van der Waals surface area contributed by atoms with Crippen molar-refractivity contribution in [3.63, 3.8) is 0 Å². The highest BCUT2D eigenvalue weighted by molar-refractivity contribution is 5.92. The van der Waals surface area contributed by atoms with Gasteiger partial charge in [-0.3, -0.25) is 9.78 Å². The van der Waals surface area contributed by atoms with E-state index in [0.29, 0.717) is 18.3 Å². The van der Waals surface area contributed by atoms with Gasteiger partial charge >= 0.3 is 0 Å². The number of rotatable bonds is 5. The Kier molecular flexibility index (Phi) is 5.13. The van der Waals surface area contributed by atoms with Crippen LogP contribution in [0.3, 0.4) is 0 Å². The maximum atomic E-state index is 12.1. The minimum atomic E-state index is -0.231. The summed E-state index contributed by atoms with van der Waals surface area (Å²) < 4.78 is 0. The lowest BCUT2D eigenvalue weighted by Gasteiger charge is -2.22. The highest BCUT2D eigenvalue weighted by atomic mass is 16.1. The lowest BCUT2D eigenvalue weighted by Crippen LogP contribution is -2.25. The summed E-state index contributed by atoms with van der Waals surface area (Å²) in [7, 11) is 0. The largest absolute Gasteiger partial charge is 0.366 e. The van der Waals surface area contributed by atoms with Crippen LogP contribution in [0.5, 0.6) is 0 Å². The SMILES string of the molecule is O=C(NCc1cccnc1)c1ccc(NC2CCCCC2)nn1. The molecule has 0 aliphatic heterocycles. The molecule has 120 valence electrons. The molecule has 1 aliphatic carbocycles. The lowest BCUT2D eigenvalue weighted by atomic mass is 9.95. The molecule has 1 amide bonds. The van der Waals surface area contributed by atoms with Crippen molar-refractivity contribution < 1.29 is 4.79 Å². The van der Waals surface area contributed by atoms with Crippen LogP contribution < -0.4 is 10.6 Å². The summed E-state index contributed by atoms with van der Waals surface area (Å²) in [6.07, 6.45) is 9.63. The number of nitrogens with zero attached hydrogens (tertiary/aromatic N) is 3. The molecule has 6 nitrogen and oxygen atoms in total. The molecule has 2 heterocycles. The van der Waals surface area contributed by atoms with E-state index in [-0.39, 0.29) is 5.91 Å². The quantitative estimate of drug-likeness (QED) is 0.887. The fourth-order valence-corrected chi connectivity index (χ4v) is 2.76. The predicted octanol–water partition coefficient (Wildman–Crippen LogP) is 2.55. The summed E-state index contributed by atoms with van der Waals surface area (Å²) in [6, 6.07) is 7.75. The number of nitrogens with one attached hydrogen (secondary N) is 2. The van der Waals surface area contributed by atoms with E-state index in [9.17, 15) is 4.79 Å². The van der Waals surface area contributed by atoms with Crippen molar-refractivity contribution in [2.75, 3.05) is 5.32 Å². The van der Waals surface area contributed by atoms with Gasteiger partial charge in [0, 0.05) is 25.0 Å². The van der Waals surface area contributed by atoms with Crippen molar-refractivity contribution >= 4 is 11.7 Å². The zero-order valence-corrected chi connectivity index (χ0v) is 13.0. The van der Waals surface area contributed by atoms with E-state index in [1.54, 1.807) is 18.5 Å². The van der Waals surface area contributed by atoms with Crippen molar-refractivity contribution in [2.24, 2.45) is 0 Å². The van der Waals surface area contributed by atoms with Gasteiger partial charge in [0.2, 0.25) is 0 Å². The van der Waals surface area contributed by atoms with Crippen LogP contribution in [0.1, 0.15) is 48.2 Å². The third-order valence-electron chi connectivity index (χ3n) is 4.03. The van der Waals surface area contributed by atoms with E-state index in [0.717, 1.165) is 11.4 Å². The summed E-state index contributed by atoms with van der Waals surface area (Å²) >= 11 is 0. The topological polar surface area (TPSA) is 79.8 Å². The van der Waals surface area contributed by atoms with Crippen molar-refractivity contribution in [3.05, 3.63) is 47.9 Å².